The van der Waals surface area contributed by atoms with Crippen LogP contribution in [0.2, 0.25) is 8.87 Å². The molecule has 0 spiro atoms. The van der Waals surface area contributed by atoms with Gasteiger partial charge in [-0.25, -0.2) is 0 Å². The number of allylic oxidation sites excluding steroid dienone is 4. The van der Waals surface area contributed by atoms with Crippen molar-refractivity contribution in [3.8, 4) is 0 Å². The van der Waals surface area contributed by atoms with E-state index in [-0.39, 0.29) is 92.4 Å². The molecule has 0 aromatic rings. The van der Waals surface area contributed by atoms with Crippen LogP contribution in [-0.4, -0.2) is 48.4 Å². The molecule has 104 valence electrons. The van der Waals surface area contributed by atoms with Gasteiger partial charge in [0.1, 0.15) is 0 Å². The first-order chi connectivity index (χ1) is 7.43. The average molecular weight is 590 g/mol. The third-order valence-corrected chi connectivity index (χ3v) is 12.8. The second-order valence-electron chi connectivity index (χ2n) is 4.77. The van der Waals surface area contributed by atoms with Crippen molar-refractivity contribution < 1.29 is 51.0 Å². The topological polar surface area (TPSA) is 0 Å². The summed E-state index contributed by atoms with van der Waals surface area (Å²) >= 11 is -0.0569. The van der Waals surface area contributed by atoms with Gasteiger partial charge in [-0.3, -0.25) is 0 Å². The molecule has 0 fully saturated rings. The van der Waals surface area contributed by atoms with E-state index in [1.807, 2.05) is 0 Å². The Labute approximate surface area is 170 Å². The molecule has 0 atom stereocenters. The summed E-state index contributed by atoms with van der Waals surface area (Å²) in [5.41, 5.74) is 6.57. The van der Waals surface area contributed by atoms with Gasteiger partial charge >= 0.3 is 147 Å². The van der Waals surface area contributed by atoms with Gasteiger partial charge in [-0.1, -0.05) is 0 Å². The Morgan fingerprint density at radius 3 is 0.947 bits per heavy atom. The molecular formula is C14H22Cl2Sn2Zr. The second-order valence-corrected chi connectivity index (χ2v) is 13.1. The minimum atomic E-state index is -0.0284. The van der Waals surface area contributed by atoms with Crippen molar-refractivity contribution in [1.29, 1.82) is 0 Å². The first-order valence-electron chi connectivity index (χ1n) is 5.91. The average Bonchev–Trinajstić information content (AvgIpc) is 2.70. The summed E-state index contributed by atoms with van der Waals surface area (Å²) in [5.74, 6) is 0. The summed E-state index contributed by atoms with van der Waals surface area (Å²) in [6.07, 6.45) is 0. The van der Waals surface area contributed by atoms with Gasteiger partial charge in [0.05, 0.1) is 0 Å². The maximum absolute atomic E-state index is 2.30. The van der Waals surface area contributed by atoms with E-state index in [1.54, 1.807) is 29.3 Å². The summed E-state index contributed by atoms with van der Waals surface area (Å²) < 4.78 is 6.46. The van der Waals surface area contributed by atoms with Gasteiger partial charge in [-0.15, -0.1) is 0 Å². The largest absolute Gasteiger partial charge is 2.00 e. The number of hydrogen-bond acceptors (Lipinski definition) is 0. The standard InChI is InChI=1S/2C7H11.2ClH.2Sn.Zr/c2*1-5-7(4)6(2)3;;;;;/h2*2H2,1,3-4H3;2*1H;;;/q;;;;;;+2/p-2. The zero-order valence-corrected chi connectivity index (χ0v) is 22.3. The minimum Gasteiger partial charge on any atom is -1.00 e. The Kier molecular flexibility index (Phi) is 17.6. The molecule has 2 rings (SSSR count). The van der Waals surface area contributed by atoms with Gasteiger partial charge < -0.3 is 24.8 Å². The molecule has 19 heavy (non-hydrogen) atoms. The second kappa shape index (κ2) is 12.8. The number of hydrogen-bond donors (Lipinski definition) is 0. The molecule has 0 saturated carbocycles. The molecular weight excluding hydrogens is 568 g/mol. The predicted octanol–water partition coefficient (Wildman–Crippen LogP) is -2.69. The molecule has 2 heterocycles. The van der Waals surface area contributed by atoms with Crippen LogP contribution in [-0.2, 0) is 26.2 Å². The summed E-state index contributed by atoms with van der Waals surface area (Å²) in [6.45, 7) is 13.7. The van der Waals surface area contributed by atoms with Crippen molar-refractivity contribution in [1.82, 2.24) is 0 Å². The normalized spacial score (nSPS) is 16.5. The van der Waals surface area contributed by atoms with Crippen molar-refractivity contribution in [2.75, 3.05) is 0 Å². The molecule has 0 N–H and O–H groups in total. The van der Waals surface area contributed by atoms with E-state index in [2.05, 4.69) is 41.5 Å². The first-order valence-corrected chi connectivity index (χ1v) is 12.8. The first kappa shape index (κ1) is 26.2. The van der Waals surface area contributed by atoms with Crippen LogP contribution in [0.1, 0.15) is 41.5 Å². The van der Waals surface area contributed by atoms with Crippen molar-refractivity contribution in [3.05, 3.63) is 22.3 Å². The Morgan fingerprint density at radius 2 is 0.895 bits per heavy atom. The maximum atomic E-state index is 2.30. The van der Waals surface area contributed by atoms with Crippen LogP contribution in [0.15, 0.2) is 22.3 Å². The molecule has 0 bridgehead atoms. The molecule has 0 unspecified atom stereocenters. The summed E-state index contributed by atoms with van der Waals surface area (Å²) in [6, 6.07) is 0. The van der Waals surface area contributed by atoms with Crippen molar-refractivity contribution in [3.63, 3.8) is 0 Å². The summed E-state index contributed by atoms with van der Waals surface area (Å²) in [7, 11) is 0. The third-order valence-electron chi connectivity index (χ3n) is 3.64. The minimum absolute atomic E-state index is 0. The molecule has 0 nitrogen and oxygen atoms in total. The monoisotopic (exact) mass is 590 g/mol. The van der Waals surface area contributed by atoms with Gasteiger partial charge in [0, 0.05) is 0 Å². The van der Waals surface area contributed by atoms with E-state index in [0.29, 0.717) is 0 Å². The van der Waals surface area contributed by atoms with Crippen molar-refractivity contribution in [2.24, 2.45) is 0 Å². The van der Waals surface area contributed by atoms with Gasteiger partial charge in [-0.2, -0.15) is 0 Å². The predicted molar refractivity (Wildman–Crippen MR) is 79.2 cm³/mol. The molecule has 2 aliphatic rings. The van der Waals surface area contributed by atoms with E-state index in [9.17, 15) is 0 Å². The fourth-order valence-corrected chi connectivity index (χ4v) is 8.97. The van der Waals surface area contributed by atoms with Crippen molar-refractivity contribution in [2.45, 2.75) is 50.4 Å². The number of halogens is 2. The Morgan fingerprint density at radius 1 is 0.632 bits per heavy atom. The quantitative estimate of drug-likeness (QED) is 0.270. The Hall–Kier alpha value is 2.28. The Bertz CT molecular complexity index is 370. The molecule has 0 aromatic carbocycles. The molecule has 0 amide bonds. The van der Waals surface area contributed by atoms with Crippen LogP contribution in [0.25, 0.3) is 0 Å². The maximum Gasteiger partial charge on any atom is 2.00 e. The van der Waals surface area contributed by atoms with E-state index in [4.69, 9.17) is 0 Å². The van der Waals surface area contributed by atoms with E-state index in [1.165, 1.54) is 8.87 Å². The molecule has 2 aliphatic heterocycles. The van der Waals surface area contributed by atoms with Gasteiger partial charge in [-0.05, 0) is 0 Å². The molecule has 5 heteroatoms. The number of rotatable bonds is 0. The van der Waals surface area contributed by atoms with Crippen LogP contribution >= 0.6 is 0 Å². The molecule has 0 aliphatic carbocycles. The van der Waals surface area contributed by atoms with Crippen LogP contribution in [0, 0.1) is 0 Å². The zero-order valence-electron chi connectivity index (χ0n) is 12.7. The van der Waals surface area contributed by atoms with Crippen LogP contribution in [0.5, 0.6) is 0 Å². The van der Waals surface area contributed by atoms with E-state index < -0.39 is 0 Å². The molecule has 2 radical (unpaired) electrons. The van der Waals surface area contributed by atoms with Crippen LogP contribution < -0.4 is 24.8 Å². The smallest absolute Gasteiger partial charge is 1.00 e. The van der Waals surface area contributed by atoms with Gasteiger partial charge in [0.2, 0.25) is 0 Å². The summed E-state index contributed by atoms with van der Waals surface area (Å²) in [4.78, 5) is 0. The van der Waals surface area contributed by atoms with Crippen molar-refractivity contribution >= 4 is 48.4 Å². The van der Waals surface area contributed by atoms with Crippen LogP contribution in [0.4, 0.5) is 0 Å². The SMILES string of the molecule is C[C]1=[Sn][CH2]C(C)=C1C.C[C]1=[Sn][CH2]C(C)=C1C.[Cl-].[Cl-].[Zr+2]. The van der Waals surface area contributed by atoms with E-state index in [0.717, 1.165) is 0 Å². The van der Waals surface area contributed by atoms with Crippen LogP contribution in [0.3, 0.4) is 0 Å². The Balaban J connectivity index is -0.000000233. The summed E-state index contributed by atoms with van der Waals surface area (Å²) in [5, 5.41) is 0. The third kappa shape index (κ3) is 8.47. The van der Waals surface area contributed by atoms with E-state index >= 15 is 0 Å². The fraction of sp³-hybridized carbons (Fsp3) is 0.571. The zero-order chi connectivity index (χ0) is 12.3. The molecule has 0 aromatic heterocycles. The van der Waals surface area contributed by atoms with Gasteiger partial charge in [0.25, 0.3) is 0 Å². The molecule has 0 saturated heterocycles. The fourth-order valence-electron chi connectivity index (χ4n) is 1.70. The van der Waals surface area contributed by atoms with Gasteiger partial charge in [0.15, 0.2) is 0 Å².